The van der Waals surface area contributed by atoms with E-state index in [1.807, 2.05) is 30.3 Å². The second-order valence-electron chi connectivity index (χ2n) is 4.12. The third-order valence-electron chi connectivity index (χ3n) is 3.15. The average molecular weight is 238 g/mol. The van der Waals surface area contributed by atoms with Crippen molar-refractivity contribution in [2.45, 2.75) is 0 Å². The van der Waals surface area contributed by atoms with Gasteiger partial charge in [-0.1, -0.05) is 36.4 Å². The first kappa shape index (κ1) is 10.7. The van der Waals surface area contributed by atoms with Gasteiger partial charge in [-0.25, -0.2) is 4.79 Å². The van der Waals surface area contributed by atoms with Crippen LogP contribution in [0.15, 0.2) is 41.2 Å². The Morgan fingerprint density at radius 3 is 2.44 bits per heavy atom. The van der Waals surface area contributed by atoms with Crippen LogP contribution < -0.4 is 10.6 Å². The summed E-state index contributed by atoms with van der Waals surface area (Å²) >= 11 is 0. The topological polar surface area (TPSA) is 43.4 Å². The number of hydrogen-bond acceptors (Lipinski definition) is 3. The lowest BCUT2D eigenvalue weighted by Gasteiger charge is -1.96. The lowest BCUT2D eigenvalue weighted by Crippen LogP contribution is -2.21. The molecule has 3 nitrogen and oxygen atoms in total. The van der Waals surface area contributed by atoms with Crippen molar-refractivity contribution in [2.75, 3.05) is 7.11 Å². The summed E-state index contributed by atoms with van der Waals surface area (Å²) in [6, 6.07) is 11.3. The molecule has 0 unspecified atom stereocenters. The Morgan fingerprint density at radius 1 is 1.11 bits per heavy atom. The van der Waals surface area contributed by atoms with Gasteiger partial charge in [0.2, 0.25) is 0 Å². The molecule has 0 saturated heterocycles. The number of rotatable bonds is 1. The van der Waals surface area contributed by atoms with Gasteiger partial charge in [0, 0.05) is 22.1 Å². The van der Waals surface area contributed by atoms with E-state index in [2.05, 4.69) is 4.74 Å². The normalized spacial score (nSPS) is 12.4. The molecule has 0 bridgehead atoms. The minimum atomic E-state index is -0.511. The van der Waals surface area contributed by atoms with Gasteiger partial charge in [0.05, 0.1) is 7.11 Å². The maximum atomic E-state index is 12.3. The van der Waals surface area contributed by atoms with Gasteiger partial charge in [-0.05, 0) is 10.8 Å². The van der Waals surface area contributed by atoms with Gasteiger partial charge in [-0.2, -0.15) is 0 Å². The third-order valence-corrected chi connectivity index (χ3v) is 3.15. The maximum Gasteiger partial charge on any atom is 0.331 e. The van der Waals surface area contributed by atoms with E-state index < -0.39 is 5.97 Å². The fourth-order valence-corrected chi connectivity index (χ4v) is 2.34. The Hall–Kier alpha value is -2.42. The van der Waals surface area contributed by atoms with E-state index in [1.54, 1.807) is 6.07 Å². The monoisotopic (exact) mass is 238 g/mol. The molecule has 0 radical (unpaired) electrons. The SMILES string of the molecule is COC(=O)C=c1c(=O)c2cccc3cccc1c32. The summed E-state index contributed by atoms with van der Waals surface area (Å²) in [7, 11) is 1.30. The summed E-state index contributed by atoms with van der Waals surface area (Å²) in [6.45, 7) is 0. The summed E-state index contributed by atoms with van der Waals surface area (Å²) in [6.07, 6.45) is 1.26. The fourth-order valence-electron chi connectivity index (χ4n) is 2.34. The van der Waals surface area contributed by atoms with E-state index in [0.717, 1.165) is 16.2 Å². The zero-order chi connectivity index (χ0) is 12.7. The first-order chi connectivity index (χ1) is 8.72. The number of carbonyl (C=O) groups is 1. The molecule has 0 aliphatic carbocycles. The van der Waals surface area contributed by atoms with E-state index in [0.29, 0.717) is 10.6 Å². The van der Waals surface area contributed by atoms with Gasteiger partial charge in [-0.3, -0.25) is 4.79 Å². The number of benzene rings is 2. The Balaban J connectivity index is 2.58. The number of carbonyl (C=O) groups excluding carboxylic acids is 1. The van der Waals surface area contributed by atoms with Crippen LogP contribution in [0.25, 0.3) is 27.6 Å². The molecule has 3 heteroatoms. The molecule has 0 fully saturated rings. The van der Waals surface area contributed by atoms with Crippen molar-refractivity contribution in [3.05, 3.63) is 51.8 Å². The Kier molecular flexibility index (Phi) is 2.27. The van der Waals surface area contributed by atoms with Crippen molar-refractivity contribution in [1.29, 1.82) is 0 Å². The van der Waals surface area contributed by atoms with E-state index in [-0.39, 0.29) is 5.43 Å². The van der Waals surface area contributed by atoms with Crippen LogP contribution in [0, 0.1) is 0 Å². The van der Waals surface area contributed by atoms with Crippen LogP contribution in [0.4, 0.5) is 0 Å². The smallest absolute Gasteiger partial charge is 0.331 e. The van der Waals surface area contributed by atoms with Crippen molar-refractivity contribution in [1.82, 2.24) is 0 Å². The van der Waals surface area contributed by atoms with Crippen LogP contribution >= 0.6 is 0 Å². The van der Waals surface area contributed by atoms with E-state index >= 15 is 0 Å². The minimum absolute atomic E-state index is 0.118. The molecule has 0 aliphatic rings. The number of esters is 1. The molecule has 0 aliphatic heterocycles. The molecule has 0 N–H and O–H groups in total. The first-order valence-electron chi connectivity index (χ1n) is 5.59. The molecule has 0 amide bonds. The molecular weight excluding hydrogens is 228 g/mol. The summed E-state index contributed by atoms with van der Waals surface area (Å²) in [5, 5.41) is 3.79. The molecule has 0 atom stereocenters. The highest BCUT2D eigenvalue weighted by molar-refractivity contribution is 6.14. The van der Waals surface area contributed by atoms with Gasteiger partial charge in [0.1, 0.15) is 0 Å². The predicted octanol–water partition coefficient (Wildman–Crippen LogP) is 1.46. The van der Waals surface area contributed by atoms with Crippen molar-refractivity contribution >= 4 is 33.6 Å². The highest BCUT2D eigenvalue weighted by Gasteiger charge is 2.11. The zero-order valence-corrected chi connectivity index (χ0v) is 9.77. The second-order valence-corrected chi connectivity index (χ2v) is 4.12. The molecule has 3 aromatic rings. The highest BCUT2D eigenvalue weighted by atomic mass is 16.5. The lowest BCUT2D eigenvalue weighted by atomic mass is 10.1. The molecule has 88 valence electrons. The summed E-state index contributed by atoms with van der Waals surface area (Å²) in [5.74, 6) is -0.511. The molecular formula is C15H10O3. The van der Waals surface area contributed by atoms with Gasteiger partial charge < -0.3 is 4.74 Å². The number of ether oxygens (including phenoxy) is 1. The van der Waals surface area contributed by atoms with Crippen LogP contribution in [0.1, 0.15) is 0 Å². The van der Waals surface area contributed by atoms with Crippen molar-refractivity contribution in [3.63, 3.8) is 0 Å². The van der Waals surface area contributed by atoms with Crippen LogP contribution in [-0.2, 0) is 9.53 Å². The summed E-state index contributed by atoms with van der Waals surface area (Å²) < 4.78 is 4.59. The largest absolute Gasteiger partial charge is 0.466 e. The van der Waals surface area contributed by atoms with Gasteiger partial charge in [0.25, 0.3) is 0 Å². The van der Waals surface area contributed by atoms with Gasteiger partial charge in [-0.15, -0.1) is 0 Å². The highest BCUT2D eigenvalue weighted by Crippen LogP contribution is 2.22. The van der Waals surface area contributed by atoms with Crippen molar-refractivity contribution in [2.24, 2.45) is 0 Å². The Bertz CT molecular complexity index is 844. The van der Waals surface area contributed by atoms with Crippen LogP contribution in [0.5, 0.6) is 0 Å². The average Bonchev–Trinajstić information content (AvgIpc) is 2.67. The van der Waals surface area contributed by atoms with Gasteiger partial charge >= 0.3 is 5.97 Å². The third kappa shape index (κ3) is 1.37. The molecule has 0 spiro atoms. The predicted molar refractivity (Wildman–Crippen MR) is 70.6 cm³/mol. The van der Waals surface area contributed by atoms with Gasteiger partial charge in [0.15, 0.2) is 5.43 Å². The number of methoxy groups -OCH3 is 1. The number of hydrogen-bond donors (Lipinski definition) is 0. The molecule has 18 heavy (non-hydrogen) atoms. The minimum Gasteiger partial charge on any atom is -0.466 e. The molecule has 0 aromatic heterocycles. The fraction of sp³-hybridized carbons (Fsp3) is 0.0667. The van der Waals surface area contributed by atoms with Crippen molar-refractivity contribution in [3.8, 4) is 0 Å². The Labute approximate surface area is 103 Å². The Morgan fingerprint density at radius 2 is 1.78 bits per heavy atom. The lowest BCUT2D eigenvalue weighted by molar-refractivity contribution is -0.133. The molecule has 0 heterocycles. The van der Waals surface area contributed by atoms with Crippen LogP contribution in [0.2, 0.25) is 0 Å². The van der Waals surface area contributed by atoms with E-state index in [4.69, 9.17) is 0 Å². The summed E-state index contributed by atoms with van der Waals surface area (Å²) in [4.78, 5) is 23.6. The van der Waals surface area contributed by atoms with E-state index in [9.17, 15) is 9.59 Å². The van der Waals surface area contributed by atoms with Crippen molar-refractivity contribution < 1.29 is 9.53 Å². The molecule has 3 aromatic carbocycles. The van der Waals surface area contributed by atoms with Crippen LogP contribution in [-0.4, -0.2) is 13.1 Å². The first-order valence-corrected chi connectivity index (χ1v) is 5.59. The zero-order valence-electron chi connectivity index (χ0n) is 9.77. The quantitative estimate of drug-likeness (QED) is 0.603. The van der Waals surface area contributed by atoms with E-state index in [1.165, 1.54) is 13.2 Å². The summed E-state index contributed by atoms with van der Waals surface area (Å²) in [5.41, 5.74) is -0.118. The van der Waals surface area contributed by atoms with Crippen LogP contribution in [0.3, 0.4) is 0 Å². The molecule has 3 rings (SSSR count). The standard InChI is InChI=1S/C15H10O3/c1-18-13(16)8-12-10-6-2-4-9-5-3-7-11(14(9)10)15(12)17/h2-8H,1H3. The maximum absolute atomic E-state index is 12.3. The molecule has 0 saturated carbocycles. The second kappa shape index (κ2) is 3.81.